The summed E-state index contributed by atoms with van der Waals surface area (Å²) in [6.07, 6.45) is -2.99. The fourth-order valence-corrected chi connectivity index (χ4v) is 4.27. The van der Waals surface area contributed by atoms with E-state index in [1.54, 1.807) is 0 Å². The molecule has 0 saturated carbocycles. The van der Waals surface area contributed by atoms with Crippen LogP contribution in [0.2, 0.25) is 0 Å². The van der Waals surface area contributed by atoms with Gasteiger partial charge in [0.1, 0.15) is 29.5 Å². The number of anilines is 1. The normalized spacial score (nSPS) is 14.4. The van der Waals surface area contributed by atoms with Crippen molar-refractivity contribution in [2.24, 2.45) is 0 Å². The summed E-state index contributed by atoms with van der Waals surface area (Å²) in [4.78, 5) is 38.8. The number of ether oxygens (including phenoxy) is 1. The molecule has 0 unspecified atom stereocenters. The highest BCUT2D eigenvalue weighted by atomic mass is 19.4. The Labute approximate surface area is 260 Å². The number of pyridine rings is 2. The van der Waals surface area contributed by atoms with Gasteiger partial charge >= 0.3 is 6.18 Å². The summed E-state index contributed by atoms with van der Waals surface area (Å²) in [6, 6.07) is 7.11. The summed E-state index contributed by atoms with van der Waals surface area (Å²) < 4.78 is 118. The number of carbonyl (C=O) groups is 2. The minimum Gasteiger partial charge on any atom is -0.480 e. The number of amides is 2. The summed E-state index contributed by atoms with van der Waals surface area (Å²) in [5.41, 5.74) is -4.25. The summed E-state index contributed by atoms with van der Waals surface area (Å²) >= 11 is 0. The number of rotatable bonds is 9. The van der Waals surface area contributed by atoms with E-state index in [9.17, 15) is 27.2 Å². The highest BCUT2D eigenvalue weighted by molar-refractivity contribution is 6.11. The van der Waals surface area contributed by atoms with Crippen molar-refractivity contribution in [3.8, 4) is 28.3 Å². The molecule has 45 heavy (non-hydrogen) atoms. The maximum atomic E-state index is 13.8. The predicted molar refractivity (Wildman–Crippen MR) is 152 cm³/mol. The van der Waals surface area contributed by atoms with E-state index in [1.807, 2.05) is 5.32 Å². The van der Waals surface area contributed by atoms with Crippen molar-refractivity contribution in [1.29, 1.82) is 0 Å². The lowest BCUT2D eigenvalue weighted by Crippen LogP contribution is -2.42. The second-order valence-electron chi connectivity index (χ2n) is 9.34. The molecule has 0 spiro atoms. The van der Waals surface area contributed by atoms with Crippen LogP contribution >= 0.6 is 0 Å². The first-order chi connectivity index (χ1) is 23.8. The van der Waals surface area contributed by atoms with Crippen LogP contribution in [0.25, 0.3) is 33.6 Å². The second-order valence-corrected chi connectivity index (χ2v) is 9.34. The van der Waals surface area contributed by atoms with E-state index >= 15 is 0 Å². The second kappa shape index (κ2) is 11.9. The number of alkyl halides is 3. The molecule has 0 bridgehead atoms. The molecule has 234 valence electrons. The minimum absolute atomic E-state index is 0.0102. The lowest BCUT2D eigenvalue weighted by molar-refractivity contribution is -0.115. The van der Waals surface area contributed by atoms with Gasteiger partial charge in [-0.2, -0.15) is 23.1 Å². The van der Waals surface area contributed by atoms with Crippen molar-refractivity contribution < 1.29 is 49.1 Å². The molecule has 0 radical (unpaired) electrons. The smallest absolute Gasteiger partial charge is 0.405 e. The molecule has 0 fully saturated rings. The molecule has 5 rings (SSSR count). The molecule has 0 atom stereocenters. The SMILES string of the molecule is [2H]C([2H])([2H])C(NC(=O)c1cc(-c2cc3c(C(=O)NC)c(-c4ccc(F)cc4)oc3nc2NCC(F)(F)F)cnc1OC)(c1ncon1)C([2H])([2H])[2H]. The molecule has 2 amide bonds. The Morgan fingerprint density at radius 3 is 2.44 bits per heavy atom. The van der Waals surface area contributed by atoms with Gasteiger partial charge in [-0.1, -0.05) is 5.16 Å². The van der Waals surface area contributed by atoms with Crippen molar-refractivity contribution >= 4 is 28.7 Å². The molecule has 4 aromatic heterocycles. The van der Waals surface area contributed by atoms with Crippen LogP contribution in [-0.2, 0) is 5.54 Å². The van der Waals surface area contributed by atoms with Crippen LogP contribution in [0.4, 0.5) is 23.4 Å². The molecular formula is C29H25F4N7O5. The number of nitrogens with zero attached hydrogens (tertiary/aromatic N) is 4. The predicted octanol–water partition coefficient (Wildman–Crippen LogP) is 5.09. The molecule has 3 N–H and O–H groups in total. The maximum absolute atomic E-state index is 13.8. The number of hydrogen-bond donors (Lipinski definition) is 3. The number of nitrogens with one attached hydrogen (secondary N) is 3. The van der Waals surface area contributed by atoms with Gasteiger partial charge in [-0.15, -0.1) is 0 Å². The van der Waals surface area contributed by atoms with Gasteiger partial charge in [-0.3, -0.25) is 9.59 Å². The lowest BCUT2D eigenvalue weighted by atomic mass is 10.0. The average Bonchev–Trinajstić information content (AvgIpc) is 3.72. The largest absolute Gasteiger partial charge is 0.480 e. The Kier molecular flexibility index (Phi) is 6.29. The summed E-state index contributed by atoms with van der Waals surface area (Å²) in [5, 5.41) is 9.95. The first kappa shape index (κ1) is 23.9. The Balaban J connectivity index is 1.73. The molecule has 4 heterocycles. The molecule has 5 aromatic rings. The molecule has 0 saturated heterocycles. The highest BCUT2D eigenvalue weighted by Crippen LogP contribution is 2.39. The first-order valence-electron chi connectivity index (χ1n) is 15.7. The molecule has 0 aliphatic rings. The number of aromatic nitrogens is 4. The zero-order chi connectivity index (χ0) is 37.5. The van der Waals surface area contributed by atoms with Crippen LogP contribution in [0.5, 0.6) is 5.88 Å². The van der Waals surface area contributed by atoms with E-state index in [0.717, 1.165) is 31.5 Å². The minimum atomic E-state index is -4.74. The van der Waals surface area contributed by atoms with Gasteiger partial charge in [-0.25, -0.2) is 9.37 Å². The van der Waals surface area contributed by atoms with Crippen LogP contribution in [0, 0.1) is 5.82 Å². The Morgan fingerprint density at radius 1 is 1.07 bits per heavy atom. The van der Waals surface area contributed by atoms with E-state index in [4.69, 9.17) is 17.4 Å². The van der Waals surface area contributed by atoms with Gasteiger partial charge in [0.15, 0.2) is 5.82 Å². The summed E-state index contributed by atoms with van der Waals surface area (Å²) in [6.45, 7) is -8.59. The third kappa shape index (κ3) is 6.39. The molecule has 12 nitrogen and oxygen atoms in total. The van der Waals surface area contributed by atoms with Crippen LogP contribution in [0.3, 0.4) is 0 Å². The third-order valence-electron chi connectivity index (χ3n) is 6.30. The van der Waals surface area contributed by atoms with Crippen LogP contribution in [-0.4, -0.2) is 58.8 Å². The first-order valence-corrected chi connectivity index (χ1v) is 12.7. The molecule has 16 heteroatoms. The van der Waals surface area contributed by atoms with Crippen molar-refractivity contribution in [3.05, 3.63) is 71.8 Å². The highest BCUT2D eigenvalue weighted by Gasteiger charge is 2.31. The van der Waals surface area contributed by atoms with Gasteiger partial charge < -0.3 is 29.6 Å². The average molecular weight is 634 g/mol. The number of hydrogen-bond acceptors (Lipinski definition) is 10. The zero-order valence-corrected chi connectivity index (χ0v) is 23.2. The molecular weight excluding hydrogens is 602 g/mol. The maximum Gasteiger partial charge on any atom is 0.405 e. The Bertz CT molecular complexity index is 2070. The van der Waals surface area contributed by atoms with Crippen LogP contribution in [0.15, 0.2) is 57.9 Å². The third-order valence-corrected chi connectivity index (χ3v) is 6.30. The standard InChI is InChI=1S/C29H25F4N7O5/c1-28(2,27-37-13-44-40-27)39-23(41)19-9-15(11-35-25(19)43-4)17-10-18-20(24(42)34-3)21(14-5-7-16(30)8-6-14)45-26(18)38-22(17)36-12-29(31,32)33/h5-11,13H,12H2,1-4H3,(H,34,42)(H,36,38)(H,39,41)/i1D3,2D3. The van der Waals surface area contributed by atoms with E-state index in [0.29, 0.717) is 6.39 Å². The van der Waals surface area contributed by atoms with E-state index in [1.165, 1.54) is 25.2 Å². The lowest BCUT2D eigenvalue weighted by Gasteiger charge is -2.23. The van der Waals surface area contributed by atoms with Crippen molar-refractivity contribution in [1.82, 2.24) is 30.7 Å². The molecule has 0 aliphatic heterocycles. The fraction of sp³-hybridized carbons (Fsp3) is 0.241. The number of benzene rings is 1. The van der Waals surface area contributed by atoms with Crippen molar-refractivity contribution in [2.45, 2.75) is 25.4 Å². The quantitative estimate of drug-likeness (QED) is 0.187. The van der Waals surface area contributed by atoms with Gasteiger partial charge in [0, 0.05) is 38.2 Å². The monoisotopic (exact) mass is 633 g/mol. The van der Waals surface area contributed by atoms with Crippen LogP contribution < -0.4 is 20.7 Å². The summed E-state index contributed by atoms with van der Waals surface area (Å²) in [7, 11) is 2.41. The van der Waals surface area contributed by atoms with Crippen LogP contribution in [0.1, 0.15) is 48.5 Å². The van der Waals surface area contributed by atoms with Crippen molar-refractivity contribution in [2.75, 3.05) is 26.0 Å². The molecule has 0 aliphatic carbocycles. The topological polar surface area (TPSA) is 157 Å². The Morgan fingerprint density at radius 2 is 1.82 bits per heavy atom. The van der Waals surface area contributed by atoms with E-state index in [2.05, 4.69) is 35.3 Å². The molecule has 1 aromatic carbocycles. The van der Waals surface area contributed by atoms with Gasteiger partial charge in [0.2, 0.25) is 18.0 Å². The number of methoxy groups -OCH3 is 1. The van der Waals surface area contributed by atoms with Gasteiger partial charge in [0.25, 0.3) is 11.8 Å². The number of carbonyl (C=O) groups excluding carboxylic acids is 2. The number of furan rings is 1. The number of fused-ring (bicyclic) bond motifs is 1. The number of halogens is 4. The van der Waals surface area contributed by atoms with E-state index in [-0.39, 0.29) is 39.1 Å². The zero-order valence-electron chi connectivity index (χ0n) is 29.2. The Hall–Kier alpha value is -5.54. The van der Waals surface area contributed by atoms with E-state index < -0.39 is 72.7 Å². The van der Waals surface area contributed by atoms with Crippen molar-refractivity contribution in [3.63, 3.8) is 0 Å². The summed E-state index contributed by atoms with van der Waals surface area (Å²) in [5.74, 6) is -4.54. The van der Waals surface area contributed by atoms with Gasteiger partial charge in [-0.05, 0) is 50.1 Å². The van der Waals surface area contributed by atoms with Gasteiger partial charge in [0.05, 0.1) is 23.6 Å². The fourth-order valence-electron chi connectivity index (χ4n) is 4.27.